The molecule has 152 valence electrons. The maximum atomic E-state index is 12.2. The van der Waals surface area contributed by atoms with Gasteiger partial charge < -0.3 is 5.32 Å². The summed E-state index contributed by atoms with van der Waals surface area (Å²) >= 11 is 5.83. The molecule has 1 amide bonds. The van der Waals surface area contributed by atoms with Crippen molar-refractivity contribution in [3.8, 4) is 0 Å². The number of sulfonamides is 1. The van der Waals surface area contributed by atoms with Crippen LogP contribution in [0.25, 0.3) is 0 Å². The van der Waals surface area contributed by atoms with E-state index in [0.717, 1.165) is 11.1 Å². The van der Waals surface area contributed by atoms with Crippen molar-refractivity contribution in [2.24, 2.45) is 0 Å². The average molecular weight is 433 g/mol. The van der Waals surface area contributed by atoms with E-state index in [4.69, 9.17) is 11.6 Å². The summed E-state index contributed by atoms with van der Waals surface area (Å²) in [6, 6.07) is 15.6. The van der Waals surface area contributed by atoms with Crippen molar-refractivity contribution >= 4 is 27.5 Å². The Morgan fingerprint density at radius 2 is 1.86 bits per heavy atom. The zero-order chi connectivity index (χ0) is 20.7. The summed E-state index contributed by atoms with van der Waals surface area (Å²) in [4.78, 5) is 12.2. The molecule has 0 aliphatic carbocycles. The van der Waals surface area contributed by atoms with Crippen LogP contribution in [-0.2, 0) is 27.9 Å². The van der Waals surface area contributed by atoms with E-state index in [2.05, 4.69) is 15.1 Å². The molecule has 0 unspecified atom stereocenters. The average Bonchev–Trinajstić information content (AvgIpc) is 3.20. The zero-order valence-electron chi connectivity index (χ0n) is 15.6. The molecule has 3 rings (SSSR count). The molecule has 0 aliphatic rings. The normalized spacial score (nSPS) is 11.3. The second-order valence-corrected chi connectivity index (χ2v) is 8.56. The predicted octanol–water partition coefficient (Wildman–Crippen LogP) is 2.57. The lowest BCUT2D eigenvalue weighted by Crippen LogP contribution is -2.30. The predicted molar refractivity (Wildman–Crippen MR) is 111 cm³/mol. The topological polar surface area (TPSA) is 93.1 Å². The van der Waals surface area contributed by atoms with E-state index in [1.54, 1.807) is 18.3 Å². The Morgan fingerprint density at radius 1 is 1.07 bits per heavy atom. The van der Waals surface area contributed by atoms with Crippen LogP contribution in [0, 0.1) is 0 Å². The van der Waals surface area contributed by atoms with Gasteiger partial charge in [-0.2, -0.15) is 5.10 Å². The molecule has 29 heavy (non-hydrogen) atoms. The van der Waals surface area contributed by atoms with Gasteiger partial charge in [-0.15, -0.1) is 0 Å². The second-order valence-electron chi connectivity index (χ2n) is 6.35. The maximum Gasteiger partial charge on any atom is 0.240 e. The maximum absolute atomic E-state index is 12.2. The Balaban J connectivity index is 1.49. The molecule has 0 radical (unpaired) electrons. The second kappa shape index (κ2) is 9.69. The van der Waals surface area contributed by atoms with Gasteiger partial charge in [-0.25, -0.2) is 13.1 Å². The molecule has 1 heterocycles. The smallest absolute Gasteiger partial charge is 0.240 e. The molecule has 0 bridgehead atoms. The first-order chi connectivity index (χ1) is 13.9. The summed E-state index contributed by atoms with van der Waals surface area (Å²) in [6.45, 7) is 0.964. The van der Waals surface area contributed by atoms with E-state index in [9.17, 15) is 13.2 Å². The number of carbonyl (C=O) groups is 1. The molecule has 0 fully saturated rings. The summed E-state index contributed by atoms with van der Waals surface area (Å²) in [5.41, 5.74) is 2.04. The van der Waals surface area contributed by atoms with Crippen LogP contribution in [0.3, 0.4) is 0 Å². The van der Waals surface area contributed by atoms with Gasteiger partial charge in [0.15, 0.2) is 0 Å². The van der Waals surface area contributed by atoms with Crippen molar-refractivity contribution in [1.82, 2.24) is 19.8 Å². The van der Waals surface area contributed by atoms with Gasteiger partial charge in [0.05, 0.1) is 11.4 Å². The fraction of sp³-hybridized carbons (Fsp3) is 0.200. The van der Waals surface area contributed by atoms with Crippen LogP contribution in [0.2, 0.25) is 5.02 Å². The Bertz CT molecular complexity index is 1070. The molecule has 2 aromatic carbocycles. The number of halogens is 1. The lowest BCUT2D eigenvalue weighted by molar-refractivity contribution is -0.121. The molecule has 0 saturated carbocycles. The summed E-state index contributed by atoms with van der Waals surface area (Å²) in [7, 11) is -3.71. The highest BCUT2D eigenvalue weighted by Crippen LogP contribution is 2.15. The summed E-state index contributed by atoms with van der Waals surface area (Å²) < 4.78 is 28.7. The largest absolute Gasteiger partial charge is 0.352 e. The van der Waals surface area contributed by atoms with Gasteiger partial charge in [0.1, 0.15) is 0 Å². The first kappa shape index (κ1) is 21.0. The third-order valence-electron chi connectivity index (χ3n) is 4.24. The number of carbonyl (C=O) groups excluding carboxylic acids is 1. The SMILES string of the molecule is O=C(CCNS(=O)(=O)c1cccc(Cl)c1)NCc1ccccc1Cn1cccn1. The zero-order valence-corrected chi connectivity index (χ0v) is 17.2. The van der Waals surface area contributed by atoms with E-state index < -0.39 is 10.0 Å². The van der Waals surface area contributed by atoms with E-state index in [-0.39, 0.29) is 23.8 Å². The molecule has 0 saturated heterocycles. The van der Waals surface area contributed by atoms with Gasteiger partial charge in [0.25, 0.3) is 0 Å². The van der Waals surface area contributed by atoms with Crippen LogP contribution in [0.4, 0.5) is 0 Å². The minimum Gasteiger partial charge on any atom is -0.352 e. The molecular formula is C20H21ClN4O3S. The van der Waals surface area contributed by atoms with Gasteiger partial charge >= 0.3 is 0 Å². The number of nitrogens with zero attached hydrogens (tertiary/aromatic N) is 2. The number of nitrogens with one attached hydrogen (secondary N) is 2. The minimum atomic E-state index is -3.71. The molecule has 0 aliphatic heterocycles. The molecule has 7 nitrogen and oxygen atoms in total. The highest BCUT2D eigenvalue weighted by Gasteiger charge is 2.14. The number of benzene rings is 2. The fourth-order valence-electron chi connectivity index (χ4n) is 2.75. The summed E-state index contributed by atoms with van der Waals surface area (Å²) in [5.74, 6) is -0.243. The Labute approximate surface area is 174 Å². The van der Waals surface area contributed by atoms with Crippen molar-refractivity contribution in [2.45, 2.75) is 24.4 Å². The quantitative estimate of drug-likeness (QED) is 0.543. The van der Waals surface area contributed by atoms with Gasteiger partial charge in [-0.05, 0) is 35.4 Å². The first-order valence-corrected chi connectivity index (χ1v) is 10.9. The van der Waals surface area contributed by atoms with E-state index in [1.807, 2.05) is 41.2 Å². The lowest BCUT2D eigenvalue weighted by Gasteiger charge is -2.11. The molecular weight excluding hydrogens is 412 g/mol. The highest BCUT2D eigenvalue weighted by atomic mass is 35.5. The highest BCUT2D eigenvalue weighted by molar-refractivity contribution is 7.89. The van der Waals surface area contributed by atoms with Crippen molar-refractivity contribution < 1.29 is 13.2 Å². The van der Waals surface area contributed by atoms with Gasteiger partial charge in [-0.1, -0.05) is 41.9 Å². The van der Waals surface area contributed by atoms with Crippen LogP contribution in [-0.4, -0.2) is 30.7 Å². The Hall–Kier alpha value is -2.68. The Kier molecular flexibility index (Phi) is 7.03. The van der Waals surface area contributed by atoms with Gasteiger partial charge in [0.2, 0.25) is 15.9 Å². The van der Waals surface area contributed by atoms with Crippen molar-refractivity contribution in [3.63, 3.8) is 0 Å². The Morgan fingerprint density at radius 3 is 2.59 bits per heavy atom. The van der Waals surface area contributed by atoms with E-state index in [0.29, 0.717) is 18.1 Å². The van der Waals surface area contributed by atoms with Crippen molar-refractivity contribution in [1.29, 1.82) is 0 Å². The third kappa shape index (κ3) is 6.15. The number of rotatable bonds is 9. The molecule has 3 aromatic rings. The fourth-order valence-corrected chi connectivity index (χ4v) is 4.08. The van der Waals surface area contributed by atoms with Crippen LogP contribution in [0.5, 0.6) is 0 Å². The summed E-state index contributed by atoms with van der Waals surface area (Å²) in [6.07, 6.45) is 3.62. The summed E-state index contributed by atoms with van der Waals surface area (Å²) in [5, 5.41) is 7.36. The van der Waals surface area contributed by atoms with Crippen molar-refractivity contribution in [3.05, 3.63) is 83.1 Å². The molecule has 0 spiro atoms. The molecule has 0 atom stereocenters. The third-order valence-corrected chi connectivity index (χ3v) is 5.93. The number of hydrogen-bond donors (Lipinski definition) is 2. The number of hydrogen-bond acceptors (Lipinski definition) is 4. The van der Waals surface area contributed by atoms with Crippen LogP contribution < -0.4 is 10.0 Å². The standard InChI is InChI=1S/C20H21ClN4O3S/c21-18-7-3-8-19(13-18)29(27,28)24-11-9-20(26)22-14-16-5-1-2-6-17(16)15-25-12-4-10-23-25/h1-8,10,12-13,24H,9,11,14-15H2,(H,22,26). The van der Waals surface area contributed by atoms with Crippen LogP contribution >= 0.6 is 11.6 Å². The molecule has 2 N–H and O–H groups in total. The van der Waals surface area contributed by atoms with E-state index >= 15 is 0 Å². The van der Waals surface area contributed by atoms with Gasteiger partial charge in [-0.3, -0.25) is 9.48 Å². The van der Waals surface area contributed by atoms with Crippen LogP contribution in [0.15, 0.2) is 71.9 Å². The minimum absolute atomic E-state index is 0.00435. The number of aromatic nitrogens is 2. The van der Waals surface area contributed by atoms with Crippen LogP contribution in [0.1, 0.15) is 17.5 Å². The molecule has 1 aromatic heterocycles. The van der Waals surface area contributed by atoms with Gasteiger partial charge in [0, 0.05) is 36.9 Å². The van der Waals surface area contributed by atoms with E-state index in [1.165, 1.54) is 12.1 Å². The first-order valence-electron chi connectivity index (χ1n) is 9.00. The number of amides is 1. The monoisotopic (exact) mass is 432 g/mol. The lowest BCUT2D eigenvalue weighted by atomic mass is 10.1. The van der Waals surface area contributed by atoms with Crippen molar-refractivity contribution in [2.75, 3.05) is 6.54 Å². The molecule has 9 heteroatoms.